The quantitative estimate of drug-likeness (QED) is 0.0851. The maximum absolute atomic E-state index is 5.53. The Morgan fingerprint density at radius 1 is 0.384 bits per heavy atom. The summed E-state index contributed by atoms with van der Waals surface area (Å²) in [6.45, 7) is 4.49. The SMILES string of the molecule is CCCCc1cc(I)cc(N2c3cc(-c4ccccc4)ccc3B3c4ccc(-c5ccccc5)cc4N(c4cc(I)cc(CCCC)c4)c4cc(-c5nc(-c6ccccc6)cc(-c6ccccc6)n5)cc2c43)c1. The molecule has 0 aliphatic carbocycles. The highest BCUT2D eigenvalue weighted by molar-refractivity contribution is 14.1. The molecule has 0 unspecified atom stereocenters. The fourth-order valence-corrected chi connectivity index (χ4v) is 12.4. The van der Waals surface area contributed by atoms with Crippen LogP contribution in [-0.4, -0.2) is 16.7 Å². The van der Waals surface area contributed by atoms with Crippen molar-refractivity contribution >= 4 is 102 Å². The molecular weight excluding hydrogens is 1110 g/mol. The molecule has 0 spiro atoms. The molecule has 2 aliphatic heterocycles. The molecule has 0 radical (unpaired) electrons. The second-order valence-corrected chi connectivity index (χ2v) is 21.8. The Morgan fingerprint density at radius 3 is 1.19 bits per heavy atom. The summed E-state index contributed by atoms with van der Waals surface area (Å²) < 4.78 is 2.44. The summed E-state index contributed by atoms with van der Waals surface area (Å²) >= 11 is 5.07. The maximum atomic E-state index is 5.53. The summed E-state index contributed by atoms with van der Waals surface area (Å²) in [6, 6.07) is 78.4. The smallest absolute Gasteiger partial charge is 0.252 e. The summed E-state index contributed by atoms with van der Waals surface area (Å²) in [4.78, 5) is 16.2. The normalized spacial score (nSPS) is 12.4. The zero-order chi connectivity index (χ0) is 49.4. The number of anilines is 6. The molecule has 7 heteroatoms. The van der Waals surface area contributed by atoms with Crippen LogP contribution in [0.2, 0.25) is 0 Å². The molecule has 10 aromatic rings. The Morgan fingerprint density at radius 2 is 0.781 bits per heavy atom. The molecule has 3 heterocycles. The van der Waals surface area contributed by atoms with Crippen molar-refractivity contribution in [2.45, 2.75) is 52.4 Å². The van der Waals surface area contributed by atoms with Crippen LogP contribution in [0.5, 0.6) is 0 Å². The van der Waals surface area contributed by atoms with Gasteiger partial charge in [-0.3, -0.25) is 0 Å². The van der Waals surface area contributed by atoms with E-state index in [1.165, 1.54) is 68.3 Å². The molecule has 0 fully saturated rings. The van der Waals surface area contributed by atoms with Crippen LogP contribution in [0.15, 0.2) is 212 Å². The average Bonchev–Trinajstić information content (AvgIpc) is 3.44. The van der Waals surface area contributed by atoms with Crippen LogP contribution in [0.1, 0.15) is 50.7 Å². The summed E-state index contributed by atoms with van der Waals surface area (Å²) in [7, 11) is 0. The lowest BCUT2D eigenvalue weighted by Gasteiger charge is -2.45. The summed E-state index contributed by atoms with van der Waals surface area (Å²) in [5.41, 5.74) is 23.0. The van der Waals surface area contributed by atoms with Gasteiger partial charge in [0.25, 0.3) is 6.71 Å². The molecule has 2 aliphatic rings. The highest BCUT2D eigenvalue weighted by Gasteiger charge is 2.44. The van der Waals surface area contributed by atoms with Crippen LogP contribution in [0.4, 0.5) is 34.1 Å². The molecule has 12 rings (SSSR count). The van der Waals surface area contributed by atoms with Gasteiger partial charge in [-0.1, -0.05) is 172 Å². The minimum Gasteiger partial charge on any atom is -0.311 e. The van der Waals surface area contributed by atoms with E-state index < -0.39 is 0 Å². The fraction of sp³-hybridized carbons (Fsp3) is 0.121. The van der Waals surface area contributed by atoms with Gasteiger partial charge >= 0.3 is 0 Å². The molecule has 0 saturated carbocycles. The molecule has 0 N–H and O–H groups in total. The van der Waals surface area contributed by atoms with Gasteiger partial charge in [0.1, 0.15) is 0 Å². The van der Waals surface area contributed by atoms with E-state index in [0.29, 0.717) is 5.82 Å². The van der Waals surface area contributed by atoms with Crippen LogP contribution in [-0.2, 0) is 12.8 Å². The van der Waals surface area contributed by atoms with Gasteiger partial charge < -0.3 is 9.80 Å². The Hall–Kier alpha value is -6.82. The zero-order valence-corrected chi connectivity index (χ0v) is 45.4. The van der Waals surface area contributed by atoms with Gasteiger partial charge in [0.05, 0.1) is 11.4 Å². The number of aromatic nitrogens is 2. The van der Waals surface area contributed by atoms with Crippen LogP contribution < -0.4 is 26.2 Å². The second-order valence-electron chi connectivity index (χ2n) is 19.3. The number of nitrogens with zero attached hydrogens (tertiary/aromatic N) is 4. The van der Waals surface area contributed by atoms with Gasteiger partial charge in [-0.05, 0) is 187 Å². The van der Waals surface area contributed by atoms with Crippen molar-refractivity contribution in [3.63, 3.8) is 0 Å². The van der Waals surface area contributed by atoms with Gasteiger partial charge in [-0.25, -0.2) is 9.97 Å². The fourth-order valence-electron chi connectivity index (χ4n) is 11.0. The number of hydrogen-bond acceptors (Lipinski definition) is 4. The second kappa shape index (κ2) is 20.6. The monoisotopic (exact) mass is 1170 g/mol. The molecule has 1 aromatic heterocycles. The minimum absolute atomic E-state index is 0.0765. The van der Waals surface area contributed by atoms with E-state index in [9.17, 15) is 0 Å². The van der Waals surface area contributed by atoms with Gasteiger partial charge in [0.15, 0.2) is 5.82 Å². The predicted molar refractivity (Wildman–Crippen MR) is 326 cm³/mol. The van der Waals surface area contributed by atoms with Crippen LogP contribution in [0.25, 0.3) is 56.2 Å². The lowest BCUT2D eigenvalue weighted by Crippen LogP contribution is -2.61. The maximum Gasteiger partial charge on any atom is 0.252 e. The van der Waals surface area contributed by atoms with Crippen molar-refractivity contribution in [3.05, 3.63) is 231 Å². The lowest BCUT2D eigenvalue weighted by molar-refractivity contribution is 0.794. The number of unbranched alkanes of at least 4 members (excludes halogenated alkanes) is 2. The van der Waals surface area contributed by atoms with E-state index in [1.54, 1.807) is 0 Å². The molecule has 0 atom stereocenters. The Balaban J connectivity index is 1.21. The third kappa shape index (κ3) is 9.31. The molecular formula is C66H53BI2N4. The number of fused-ring (bicyclic) bond motifs is 4. The van der Waals surface area contributed by atoms with Gasteiger partial charge in [0, 0.05) is 58.0 Å². The average molecular weight is 1170 g/mol. The number of benzene rings is 9. The number of rotatable bonds is 13. The first-order valence-electron chi connectivity index (χ1n) is 25.7. The number of aryl methyl sites for hydroxylation is 2. The first-order valence-corrected chi connectivity index (χ1v) is 27.8. The molecule has 9 aromatic carbocycles. The highest BCUT2D eigenvalue weighted by Crippen LogP contribution is 2.48. The van der Waals surface area contributed by atoms with E-state index in [4.69, 9.17) is 9.97 Å². The van der Waals surface area contributed by atoms with Crippen molar-refractivity contribution in [2.75, 3.05) is 9.80 Å². The van der Waals surface area contributed by atoms with Gasteiger partial charge in [0.2, 0.25) is 0 Å². The van der Waals surface area contributed by atoms with E-state index in [2.05, 4.69) is 281 Å². The van der Waals surface area contributed by atoms with E-state index >= 15 is 0 Å². The molecule has 354 valence electrons. The summed E-state index contributed by atoms with van der Waals surface area (Å²) in [5.74, 6) is 0.681. The van der Waals surface area contributed by atoms with E-state index in [0.717, 1.165) is 89.4 Å². The standard InChI is InChI=1S/C66H53BI2N4/c1-3-5-19-44-33-53(68)41-55(35-44)72-61-37-50(46-21-11-7-12-22-46)29-31-57(61)67-58-32-30-51(47-23-13-8-14-24-47)38-62(58)73(56-36-45(20-6-4-2)34-54(69)42-56)64-40-52(39-63(72)65(64)67)66-70-59(48-25-15-9-16-26-48)43-60(71-66)49-27-17-10-18-28-49/h7-18,21-43H,3-6,19-20H2,1-2H3. The molecule has 0 saturated heterocycles. The number of halogens is 2. The van der Waals surface area contributed by atoms with Crippen LogP contribution >= 0.6 is 45.2 Å². The molecule has 4 nitrogen and oxygen atoms in total. The van der Waals surface area contributed by atoms with Crippen molar-refractivity contribution < 1.29 is 0 Å². The van der Waals surface area contributed by atoms with Crippen LogP contribution in [0.3, 0.4) is 0 Å². The summed E-state index contributed by atoms with van der Waals surface area (Å²) in [5, 5.41) is 0. The minimum atomic E-state index is -0.0765. The lowest BCUT2D eigenvalue weighted by atomic mass is 9.33. The highest BCUT2D eigenvalue weighted by atomic mass is 127. The van der Waals surface area contributed by atoms with Crippen molar-refractivity contribution in [2.24, 2.45) is 0 Å². The Kier molecular flexibility index (Phi) is 13.3. The Bertz CT molecular complexity index is 3410. The van der Waals surface area contributed by atoms with Gasteiger partial charge in [-0.15, -0.1) is 0 Å². The summed E-state index contributed by atoms with van der Waals surface area (Å²) in [6.07, 6.45) is 6.58. The van der Waals surface area contributed by atoms with Gasteiger partial charge in [-0.2, -0.15) is 0 Å². The first kappa shape index (κ1) is 47.2. The predicted octanol–water partition coefficient (Wildman–Crippen LogP) is 16.8. The van der Waals surface area contributed by atoms with Crippen molar-refractivity contribution in [1.29, 1.82) is 0 Å². The third-order valence-corrected chi connectivity index (χ3v) is 15.7. The van der Waals surface area contributed by atoms with Crippen molar-refractivity contribution in [1.82, 2.24) is 9.97 Å². The molecule has 73 heavy (non-hydrogen) atoms. The first-order chi connectivity index (χ1) is 35.9. The Labute approximate surface area is 457 Å². The topological polar surface area (TPSA) is 32.3 Å². The molecule has 0 bridgehead atoms. The van der Waals surface area contributed by atoms with E-state index in [1.807, 2.05) is 0 Å². The number of hydrogen-bond donors (Lipinski definition) is 0. The largest absolute Gasteiger partial charge is 0.311 e. The van der Waals surface area contributed by atoms with Crippen molar-refractivity contribution in [3.8, 4) is 56.2 Å². The van der Waals surface area contributed by atoms with Crippen LogP contribution in [0, 0.1) is 7.14 Å². The third-order valence-electron chi connectivity index (χ3n) is 14.4. The molecule has 0 amide bonds. The zero-order valence-electron chi connectivity index (χ0n) is 41.1. The van der Waals surface area contributed by atoms with E-state index in [-0.39, 0.29) is 6.71 Å².